The lowest BCUT2D eigenvalue weighted by Crippen LogP contribution is -2.26. The van der Waals surface area contributed by atoms with Gasteiger partial charge in [-0.05, 0) is 42.9 Å². The molecule has 1 saturated heterocycles. The van der Waals surface area contributed by atoms with Crippen molar-refractivity contribution in [3.05, 3.63) is 58.5 Å². The average Bonchev–Trinajstić information content (AvgIpc) is 3.47. The largest absolute Gasteiger partial charge is 0.381 e. The van der Waals surface area contributed by atoms with E-state index < -0.39 is 0 Å². The lowest BCUT2D eigenvalue weighted by atomic mass is 9.84. The Morgan fingerprint density at radius 2 is 1.77 bits per heavy atom. The first-order valence-electron chi connectivity index (χ1n) is 9.78. The molecule has 156 valence electrons. The predicted octanol–water partition coefficient (Wildman–Crippen LogP) is 4.39. The van der Waals surface area contributed by atoms with Crippen LogP contribution in [0.3, 0.4) is 0 Å². The molecule has 7 nitrogen and oxygen atoms in total. The van der Waals surface area contributed by atoms with Crippen LogP contribution in [0.2, 0.25) is 0 Å². The summed E-state index contributed by atoms with van der Waals surface area (Å²) in [5, 5.41) is 10.5. The number of carbonyl (C=O) groups is 2. The van der Waals surface area contributed by atoms with Crippen molar-refractivity contribution in [1.82, 2.24) is 9.97 Å². The molecular formula is C21H22N4O3S2. The van der Waals surface area contributed by atoms with Crippen LogP contribution in [0.1, 0.15) is 41.1 Å². The van der Waals surface area contributed by atoms with Crippen molar-refractivity contribution in [2.75, 3.05) is 23.8 Å². The highest BCUT2D eigenvalue weighted by atomic mass is 32.1. The topological polar surface area (TPSA) is 93.2 Å². The SMILES string of the molecule is O=C(Nc1nccs1)c1cccc(C(CC2CCOCC2)C(=O)Nc2nccs2)c1. The minimum atomic E-state index is -0.371. The summed E-state index contributed by atoms with van der Waals surface area (Å²) in [6.45, 7) is 1.45. The van der Waals surface area contributed by atoms with Gasteiger partial charge in [0.25, 0.3) is 5.91 Å². The Morgan fingerprint density at radius 1 is 1.07 bits per heavy atom. The second-order valence-electron chi connectivity index (χ2n) is 7.09. The van der Waals surface area contributed by atoms with Gasteiger partial charge >= 0.3 is 0 Å². The molecule has 1 unspecified atom stereocenters. The summed E-state index contributed by atoms with van der Waals surface area (Å²) in [7, 11) is 0. The Bertz CT molecular complexity index is 970. The van der Waals surface area contributed by atoms with E-state index in [4.69, 9.17) is 4.74 Å². The van der Waals surface area contributed by atoms with Crippen molar-refractivity contribution in [1.29, 1.82) is 0 Å². The molecular weight excluding hydrogens is 420 g/mol. The molecule has 1 aromatic carbocycles. The van der Waals surface area contributed by atoms with E-state index in [1.807, 2.05) is 17.5 Å². The summed E-state index contributed by atoms with van der Waals surface area (Å²) in [5.41, 5.74) is 1.32. The molecule has 1 fully saturated rings. The number of rotatable bonds is 7. The molecule has 2 aromatic heterocycles. The van der Waals surface area contributed by atoms with Crippen LogP contribution in [0, 0.1) is 5.92 Å². The zero-order valence-corrected chi connectivity index (χ0v) is 17.9. The smallest absolute Gasteiger partial charge is 0.257 e. The van der Waals surface area contributed by atoms with Gasteiger partial charge in [0.2, 0.25) is 5.91 Å². The first-order chi connectivity index (χ1) is 14.7. The van der Waals surface area contributed by atoms with E-state index in [2.05, 4.69) is 20.6 Å². The van der Waals surface area contributed by atoms with E-state index in [-0.39, 0.29) is 17.7 Å². The van der Waals surface area contributed by atoms with Crippen LogP contribution in [-0.2, 0) is 9.53 Å². The fourth-order valence-corrected chi connectivity index (χ4v) is 4.59. The third kappa shape index (κ3) is 5.29. The molecule has 2 N–H and O–H groups in total. The van der Waals surface area contributed by atoms with Crippen molar-refractivity contribution in [3.8, 4) is 0 Å². The highest BCUT2D eigenvalue weighted by molar-refractivity contribution is 7.14. The summed E-state index contributed by atoms with van der Waals surface area (Å²) < 4.78 is 5.47. The van der Waals surface area contributed by atoms with E-state index in [0.717, 1.165) is 31.6 Å². The Labute approximate surface area is 182 Å². The zero-order chi connectivity index (χ0) is 20.8. The Balaban J connectivity index is 1.55. The molecule has 3 aromatic rings. The Kier molecular flexibility index (Phi) is 6.83. The first-order valence-corrected chi connectivity index (χ1v) is 11.5. The van der Waals surface area contributed by atoms with Crippen molar-refractivity contribution >= 4 is 44.8 Å². The molecule has 1 aliphatic heterocycles. The van der Waals surface area contributed by atoms with Crippen LogP contribution in [0.25, 0.3) is 0 Å². The van der Waals surface area contributed by atoms with E-state index in [0.29, 0.717) is 28.2 Å². The molecule has 30 heavy (non-hydrogen) atoms. The number of carbonyl (C=O) groups excluding carboxylic acids is 2. The number of hydrogen-bond acceptors (Lipinski definition) is 7. The number of anilines is 2. The molecule has 1 aliphatic rings. The minimum Gasteiger partial charge on any atom is -0.381 e. The van der Waals surface area contributed by atoms with Crippen LogP contribution in [-0.4, -0.2) is 35.0 Å². The predicted molar refractivity (Wildman–Crippen MR) is 118 cm³/mol. The number of thiazole rings is 2. The Hall–Kier alpha value is -2.62. The highest BCUT2D eigenvalue weighted by Crippen LogP contribution is 2.31. The number of nitrogens with zero attached hydrogens (tertiary/aromatic N) is 2. The molecule has 2 amide bonds. The third-order valence-electron chi connectivity index (χ3n) is 5.09. The number of ether oxygens (including phenoxy) is 1. The van der Waals surface area contributed by atoms with Gasteiger partial charge < -0.3 is 10.1 Å². The third-order valence-corrected chi connectivity index (χ3v) is 6.47. The van der Waals surface area contributed by atoms with E-state index in [1.54, 1.807) is 29.9 Å². The lowest BCUT2D eigenvalue weighted by molar-refractivity contribution is -0.118. The maximum absolute atomic E-state index is 13.1. The van der Waals surface area contributed by atoms with Crippen LogP contribution in [0.4, 0.5) is 10.3 Å². The maximum atomic E-state index is 13.1. The lowest BCUT2D eigenvalue weighted by Gasteiger charge is -2.26. The summed E-state index contributed by atoms with van der Waals surface area (Å²) in [5.74, 6) is -0.311. The van der Waals surface area contributed by atoms with Crippen molar-refractivity contribution in [3.63, 3.8) is 0 Å². The average molecular weight is 443 g/mol. The monoisotopic (exact) mass is 442 g/mol. The summed E-state index contributed by atoms with van der Waals surface area (Å²) in [6.07, 6.45) is 5.88. The number of nitrogens with one attached hydrogen (secondary N) is 2. The van der Waals surface area contributed by atoms with Gasteiger partial charge in [0.1, 0.15) is 0 Å². The van der Waals surface area contributed by atoms with Gasteiger partial charge in [-0.1, -0.05) is 12.1 Å². The van der Waals surface area contributed by atoms with E-state index in [9.17, 15) is 9.59 Å². The summed E-state index contributed by atoms with van der Waals surface area (Å²) in [4.78, 5) is 34.0. The number of aromatic nitrogens is 2. The van der Waals surface area contributed by atoms with Gasteiger partial charge in [-0.15, -0.1) is 22.7 Å². The molecule has 0 saturated carbocycles. The molecule has 1 atom stereocenters. The van der Waals surface area contributed by atoms with Gasteiger partial charge in [0.15, 0.2) is 10.3 Å². The van der Waals surface area contributed by atoms with Crippen LogP contribution in [0.15, 0.2) is 47.4 Å². The molecule has 3 heterocycles. The molecule has 9 heteroatoms. The van der Waals surface area contributed by atoms with Crippen LogP contribution in [0.5, 0.6) is 0 Å². The first kappa shape index (κ1) is 20.6. The molecule has 0 spiro atoms. The van der Waals surface area contributed by atoms with Crippen molar-refractivity contribution < 1.29 is 14.3 Å². The Morgan fingerprint density at radius 3 is 2.43 bits per heavy atom. The van der Waals surface area contributed by atoms with Crippen LogP contribution < -0.4 is 10.6 Å². The van der Waals surface area contributed by atoms with E-state index >= 15 is 0 Å². The standard InChI is InChI=1S/C21H22N4O3S2/c26-18(24-20-22-6-10-29-20)16-3-1-2-15(13-16)17(12-14-4-8-28-9-5-14)19(27)25-21-23-7-11-30-21/h1-3,6-7,10-11,13-14,17H,4-5,8-9,12H2,(H,22,24,26)(H,23,25,27). The van der Waals surface area contributed by atoms with Crippen molar-refractivity contribution in [2.45, 2.75) is 25.2 Å². The summed E-state index contributed by atoms with van der Waals surface area (Å²) in [6, 6.07) is 7.27. The number of benzene rings is 1. The van der Waals surface area contributed by atoms with Crippen LogP contribution >= 0.6 is 22.7 Å². The molecule has 0 bridgehead atoms. The quantitative estimate of drug-likeness (QED) is 0.566. The second-order valence-corrected chi connectivity index (χ2v) is 8.88. The van der Waals surface area contributed by atoms with Gasteiger partial charge in [0.05, 0.1) is 5.92 Å². The number of hydrogen-bond donors (Lipinski definition) is 2. The van der Waals surface area contributed by atoms with Gasteiger partial charge in [-0.25, -0.2) is 9.97 Å². The number of amides is 2. The minimum absolute atomic E-state index is 0.103. The molecule has 4 rings (SSSR count). The normalized spacial score (nSPS) is 15.5. The van der Waals surface area contributed by atoms with Crippen molar-refractivity contribution in [2.24, 2.45) is 5.92 Å². The fraction of sp³-hybridized carbons (Fsp3) is 0.333. The maximum Gasteiger partial charge on any atom is 0.257 e. The second kappa shape index (κ2) is 9.92. The molecule has 0 aliphatic carbocycles. The highest BCUT2D eigenvalue weighted by Gasteiger charge is 2.27. The fourth-order valence-electron chi connectivity index (χ4n) is 3.54. The van der Waals surface area contributed by atoms with Gasteiger partial charge in [-0.3, -0.25) is 14.9 Å². The van der Waals surface area contributed by atoms with Gasteiger partial charge in [0, 0.05) is 41.9 Å². The van der Waals surface area contributed by atoms with E-state index in [1.165, 1.54) is 22.7 Å². The van der Waals surface area contributed by atoms with Gasteiger partial charge in [-0.2, -0.15) is 0 Å². The molecule has 0 radical (unpaired) electrons. The zero-order valence-electron chi connectivity index (χ0n) is 16.2. The summed E-state index contributed by atoms with van der Waals surface area (Å²) >= 11 is 2.75.